The molecule has 2 N–H and O–H groups in total. The van der Waals surface area contributed by atoms with Gasteiger partial charge in [0.05, 0.1) is 18.2 Å². The van der Waals surface area contributed by atoms with Crippen LogP contribution in [-0.4, -0.2) is 13.2 Å². The number of nitrogens with two attached hydrogens (primary N) is 1. The molecular weight excluding hydrogens is 174 g/mol. The summed E-state index contributed by atoms with van der Waals surface area (Å²) in [6, 6.07) is 0. The average molecular weight is 189 g/mol. The first-order valence-electron chi connectivity index (χ1n) is 5.08. The van der Waals surface area contributed by atoms with Crippen LogP contribution in [0.25, 0.3) is 0 Å². The van der Waals surface area contributed by atoms with Gasteiger partial charge in [0, 0.05) is 6.61 Å². The van der Waals surface area contributed by atoms with Crippen LogP contribution in [0.4, 0.5) is 0 Å². The Morgan fingerprint density at radius 1 is 1.43 bits per heavy atom. The van der Waals surface area contributed by atoms with Crippen LogP contribution in [-0.2, 0) is 4.74 Å². The number of allylic oxidation sites excluding steroid dienone is 3. The molecule has 2 rings (SSSR count). The minimum absolute atomic E-state index is 0.200. The van der Waals surface area contributed by atoms with Crippen LogP contribution in [0.2, 0.25) is 0 Å². The highest BCUT2D eigenvalue weighted by molar-refractivity contribution is 5.34. The van der Waals surface area contributed by atoms with Crippen molar-refractivity contribution in [3.8, 4) is 11.8 Å². The Kier molecular flexibility index (Phi) is 2.90. The summed E-state index contributed by atoms with van der Waals surface area (Å²) in [7, 11) is 0. The summed E-state index contributed by atoms with van der Waals surface area (Å²) in [6.45, 7) is 1.59. The largest absolute Gasteiger partial charge is 0.392 e. The van der Waals surface area contributed by atoms with Gasteiger partial charge in [-0.05, 0) is 30.8 Å². The van der Waals surface area contributed by atoms with Crippen molar-refractivity contribution < 1.29 is 4.74 Å². The Labute approximate surface area is 84.8 Å². The van der Waals surface area contributed by atoms with Crippen molar-refractivity contribution in [2.45, 2.75) is 12.8 Å². The molecule has 1 unspecified atom stereocenters. The summed E-state index contributed by atoms with van der Waals surface area (Å²) in [5, 5.41) is 0. The van der Waals surface area contributed by atoms with E-state index in [0.29, 0.717) is 12.3 Å². The Balaban J connectivity index is 1.75. The van der Waals surface area contributed by atoms with E-state index in [4.69, 9.17) is 10.5 Å². The molecule has 1 fully saturated rings. The first-order valence-corrected chi connectivity index (χ1v) is 5.08. The lowest BCUT2D eigenvalue weighted by molar-refractivity contribution is 0.115. The second kappa shape index (κ2) is 4.34. The topological polar surface area (TPSA) is 35.2 Å². The molecule has 2 aliphatic rings. The van der Waals surface area contributed by atoms with Crippen LogP contribution in [0.15, 0.2) is 23.9 Å². The molecule has 0 aromatic heterocycles. The molecule has 0 bridgehead atoms. The zero-order chi connectivity index (χ0) is 9.80. The summed E-state index contributed by atoms with van der Waals surface area (Å²) in [5.41, 5.74) is 6.21. The predicted molar refractivity (Wildman–Crippen MR) is 56.2 cm³/mol. The molecule has 0 heterocycles. The van der Waals surface area contributed by atoms with Gasteiger partial charge >= 0.3 is 0 Å². The van der Waals surface area contributed by atoms with Gasteiger partial charge in [0.2, 0.25) is 0 Å². The maximum atomic E-state index is 5.58. The van der Waals surface area contributed by atoms with Crippen molar-refractivity contribution in [2.75, 3.05) is 13.2 Å². The van der Waals surface area contributed by atoms with Crippen molar-refractivity contribution in [2.24, 2.45) is 17.6 Å². The van der Waals surface area contributed by atoms with Gasteiger partial charge in [-0.15, -0.1) is 0 Å². The summed E-state index contributed by atoms with van der Waals surface area (Å²) >= 11 is 0. The lowest BCUT2D eigenvalue weighted by Crippen LogP contribution is -2.07. The second-order valence-electron chi connectivity index (χ2n) is 3.86. The van der Waals surface area contributed by atoms with Crippen molar-refractivity contribution in [1.29, 1.82) is 0 Å². The van der Waals surface area contributed by atoms with E-state index in [1.165, 1.54) is 12.8 Å². The van der Waals surface area contributed by atoms with Crippen molar-refractivity contribution >= 4 is 0 Å². The van der Waals surface area contributed by atoms with Gasteiger partial charge in [-0.1, -0.05) is 18.1 Å². The molecule has 0 saturated heterocycles. The zero-order valence-electron chi connectivity index (χ0n) is 8.20. The fourth-order valence-corrected chi connectivity index (χ4v) is 1.30. The van der Waals surface area contributed by atoms with Crippen LogP contribution in [0.3, 0.4) is 0 Å². The molecule has 0 aromatic rings. The van der Waals surface area contributed by atoms with Crippen LogP contribution in [0.1, 0.15) is 12.8 Å². The van der Waals surface area contributed by atoms with Gasteiger partial charge in [-0.2, -0.15) is 0 Å². The number of rotatable bonds is 4. The Bertz CT molecular complexity index is 315. The van der Waals surface area contributed by atoms with Gasteiger partial charge in [-0.3, -0.25) is 0 Å². The second-order valence-corrected chi connectivity index (χ2v) is 3.86. The molecule has 1 saturated carbocycles. The SMILES string of the molecule is NC1=CC=CC(COCC2CC2)C#C1. The summed E-state index contributed by atoms with van der Waals surface area (Å²) < 4.78 is 5.57. The Hall–Kier alpha value is -1.20. The number of ether oxygens (including phenoxy) is 1. The molecule has 2 aliphatic carbocycles. The molecule has 0 aliphatic heterocycles. The quantitative estimate of drug-likeness (QED) is 0.679. The summed E-state index contributed by atoms with van der Waals surface area (Å²) in [6.07, 6.45) is 8.47. The average Bonchev–Trinajstić information content (AvgIpc) is 2.96. The van der Waals surface area contributed by atoms with E-state index in [9.17, 15) is 0 Å². The van der Waals surface area contributed by atoms with E-state index in [1.54, 1.807) is 0 Å². The molecule has 2 nitrogen and oxygen atoms in total. The normalized spacial score (nSPS) is 24.9. The third-order valence-corrected chi connectivity index (χ3v) is 2.37. The number of hydrogen-bond acceptors (Lipinski definition) is 2. The summed E-state index contributed by atoms with van der Waals surface area (Å²) in [4.78, 5) is 0. The first-order chi connectivity index (χ1) is 6.84. The van der Waals surface area contributed by atoms with E-state index >= 15 is 0 Å². The molecule has 0 spiro atoms. The van der Waals surface area contributed by atoms with Crippen LogP contribution >= 0.6 is 0 Å². The molecule has 0 amide bonds. The van der Waals surface area contributed by atoms with Crippen LogP contribution in [0.5, 0.6) is 0 Å². The Morgan fingerprint density at radius 2 is 2.29 bits per heavy atom. The van der Waals surface area contributed by atoms with Crippen molar-refractivity contribution in [1.82, 2.24) is 0 Å². The van der Waals surface area contributed by atoms with Crippen molar-refractivity contribution in [3.63, 3.8) is 0 Å². The van der Waals surface area contributed by atoms with Gasteiger partial charge in [0.15, 0.2) is 0 Å². The third kappa shape index (κ3) is 2.93. The fourth-order valence-electron chi connectivity index (χ4n) is 1.30. The predicted octanol–water partition coefficient (Wildman–Crippen LogP) is 1.45. The van der Waals surface area contributed by atoms with Gasteiger partial charge in [0.1, 0.15) is 0 Å². The number of hydrogen-bond donors (Lipinski definition) is 1. The van der Waals surface area contributed by atoms with Gasteiger partial charge in [-0.25, -0.2) is 0 Å². The highest BCUT2D eigenvalue weighted by Crippen LogP contribution is 2.28. The zero-order valence-corrected chi connectivity index (χ0v) is 8.20. The standard InChI is InChI=1S/C12H15NO/c13-12-3-1-2-10(6-7-12)8-14-9-11-4-5-11/h1-3,10-11H,4-5,8-9,13H2. The maximum absolute atomic E-state index is 5.58. The Morgan fingerprint density at radius 3 is 3.07 bits per heavy atom. The molecule has 74 valence electrons. The third-order valence-electron chi connectivity index (χ3n) is 2.37. The smallest absolute Gasteiger partial charge is 0.0827 e. The maximum Gasteiger partial charge on any atom is 0.0827 e. The molecule has 2 heteroatoms. The molecule has 14 heavy (non-hydrogen) atoms. The monoisotopic (exact) mass is 189 g/mol. The van der Waals surface area contributed by atoms with E-state index in [0.717, 1.165) is 12.5 Å². The first kappa shape index (κ1) is 9.36. The molecule has 1 atom stereocenters. The van der Waals surface area contributed by atoms with Crippen LogP contribution in [0, 0.1) is 23.7 Å². The van der Waals surface area contributed by atoms with E-state index < -0.39 is 0 Å². The van der Waals surface area contributed by atoms with E-state index in [-0.39, 0.29) is 5.92 Å². The van der Waals surface area contributed by atoms with E-state index in [1.807, 2.05) is 18.2 Å². The van der Waals surface area contributed by atoms with Crippen molar-refractivity contribution in [3.05, 3.63) is 23.9 Å². The molecule has 0 radical (unpaired) electrons. The van der Waals surface area contributed by atoms with Crippen LogP contribution < -0.4 is 5.73 Å². The summed E-state index contributed by atoms with van der Waals surface area (Å²) in [5.74, 6) is 6.99. The lowest BCUT2D eigenvalue weighted by atomic mass is 10.1. The van der Waals surface area contributed by atoms with Gasteiger partial charge < -0.3 is 10.5 Å². The highest BCUT2D eigenvalue weighted by Gasteiger charge is 2.21. The molecule has 0 aromatic carbocycles. The molecular formula is C12H15NO. The van der Waals surface area contributed by atoms with Gasteiger partial charge in [0.25, 0.3) is 0 Å². The fraction of sp³-hybridized carbons (Fsp3) is 0.500. The van der Waals surface area contributed by atoms with E-state index in [2.05, 4.69) is 11.8 Å². The lowest BCUT2D eigenvalue weighted by Gasteiger charge is -2.05. The highest BCUT2D eigenvalue weighted by atomic mass is 16.5. The minimum Gasteiger partial charge on any atom is -0.392 e. The minimum atomic E-state index is 0.200.